The summed E-state index contributed by atoms with van der Waals surface area (Å²) in [7, 11) is -3.66. The van der Waals surface area contributed by atoms with E-state index in [1.807, 2.05) is 36.4 Å². The Morgan fingerprint density at radius 2 is 1.65 bits per heavy atom. The van der Waals surface area contributed by atoms with Gasteiger partial charge in [0.2, 0.25) is 10.0 Å². The van der Waals surface area contributed by atoms with Crippen LogP contribution in [0.2, 0.25) is 0 Å². The van der Waals surface area contributed by atoms with Crippen LogP contribution >= 0.6 is 0 Å². The molecule has 2 fully saturated rings. The molecule has 2 aliphatic rings. The minimum Gasteiger partial charge on any atom is -0.349 e. The van der Waals surface area contributed by atoms with Crippen molar-refractivity contribution in [1.29, 1.82) is 5.26 Å². The average molecular weight is 558 g/mol. The molecule has 2 heterocycles. The van der Waals surface area contributed by atoms with E-state index in [4.69, 9.17) is 5.10 Å². The number of nitrogens with zero attached hydrogens (tertiary/aromatic N) is 4. The van der Waals surface area contributed by atoms with Crippen molar-refractivity contribution in [3.05, 3.63) is 71.9 Å². The van der Waals surface area contributed by atoms with Gasteiger partial charge in [-0.2, -0.15) is 14.7 Å². The Labute approximate surface area is 236 Å². The first kappa shape index (κ1) is 27.8. The van der Waals surface area contributed by atoms with Crippen LogP contribution in [0.25, 0.3) is 23.0 Å². The van der Waals surface area contributed by atoms with E-state index in [0.29, 0.717) is 29.9 Å². The third kappa shape index (κ3) is 6.35. The van der Waals surface area contributed by atoms with Gasteiger partial charge in [-0.3, -0.25) is 4.79 Å². The van der Waals surface area contributed by atoms with E-state index in [-0.39, 0.29) is 16.5 Å². The monoisotopic (exact) mass is 557 g/mol. The zero-order valence-corrected chi connectivity index (χ0v) is 23.4. The van der Waals surface area contributed by atoms with Crippen LogP contribution in [-0.4, -0.2) is 47.5 Å². The highest BCUT2D eigenvalue weighted by molar-refractivity contribution is 7.89. The van der Waals surface area contributed by atoms with Crippen LogP contribution in [0.15, 0.2) is 71.3 Å². The van der Waals surface area contributed by atoms with Crippen molar-refractivity contribution >= 4 is 22.0 Å². The number of nitriles is 1. The summed E-state index contributed by atoms with van der Waals surface area (Å²) in [6, 6.07) is 18.5. The molecule has 2 aromatic carbocycles. The zero-order valence-electron chi connectivity index (χ0n) is 22.6. The summed E-state index contributed by atoms with van der Waals surface area (Å²) in [4.78, 5) is 13.3. The lowest BCUT2D eigenvalue weighted by Crippen LogP contribution is -2.36. The third-order valence-electron chi connectivity index (χ3n) is 7.68. The van der Waals surface area contributed by atoms with Crippen molar-refractivity contribution in [2.75, 3.05) is 13.1 Å². The highest BCUT2D eigenvalue weighted by Crippen LogP contribution is 2.29. The molecular weight excluding hydrogens is 522 g/mol. The number of amides is 1. The Balaban J connectivity index is 1.53. The first-order valence-corrected chi connectivity index (χ1v) is 15.6. The molecule has 0 unspecified atom stereocenters. The number of aromatic nitrogens is 2. The first-order valence-electron chi connectivity index (χ1n) is 14.1. The summed E-state index contributed by atoms with van der Waals surface area (Å²) in [5, 5.41) is 17.7. The summed E-state index contributed by atoms with van der Waals surface area (Å²) in [5.74, 6) is -0.398. The molecule has 0 bridgehead atoms. The fraction of sp³-hybridized carbons (Fsp3) is 0.387. The number of nitrogens with one attached hydrogen (secondary N) is 1. The summed E-state index contributed by atoms with van der Waals surface area (Å²) in [6.07, 6.45) is 12.2. The van der Waals surface area contributed by atoms with Crippen LogP contribution in [0.4, 0.5) is 0 Å². The molecule has 0 spiro atoms. The first-order chi connectivity index (χ1) is 19.5. The number of sulfonamides is 1. The smallest absolute Gasteiger partial charge is 0.262 e. The minimum absolute atomic E-state index is 0.00669. The Morgan fingerprint density at radius 3 is 2.35 bits per heavy atom. The van der Waals surface area contributed by atoms with Crippen molar-refractivity contribution in [3.63, 3.8) is 0 Å². The summed E-state index contributed by atoms with van der Waals surface area (Å²) in [6.45, 7) is 1.04. The van der Waals surface area contributed by atoms with E-state index in [9.17, 15) is 18.5 Å². The van der Waals surface area contributed by atoms with Gasteiger partial charge in [0.1, 0.15) is 17.3 Å². The number of benzene rings is 2. The molecule has 1 aliphatic carbocycles. The molecule has 40 heavy (non-hydrogen) atoms. The molecule has 1 saturated carbocycles. The summed E-state index contributed by atoms with van der Waals surface area (Å²) >= 11 is 0. The maximum atomic E-state index is 13.5. The predicted molar refractivity (Wildman–Crippen MR) is 155 cm³/mol. The largest absolute Gasteiger partial charge is 0.349 e. The Hall–Kier alpha value is -3.74. The highest BCUT2D eigenvalue weighted by Gasteiger charge is 2.26. The van der Waals surface area contributed by atoms with Crippen LogP contribution in [0.5, 0.6) is 0 Å². The molecule has 1 aromatic heterocycles. The number of carbonyl (C=O) groups excluding carboxylic acids is 1. The average Bonchev–Trinajstić information content (AvgIpc) is 3.20. The van der Waals surface area contributed by atoms with Crippen LogP contribution in [0, 0.1) is 11.3 Å². The van der Waals surface area contributed by atoms with E-state index >= 15 is 0 Å². The molecule has 1 aliphatic heterocycles. The van der Waals surface area contributed by atoms with Gasteiger partial charge in [0.15, 0.2) is 0 Å². The van der Waals surface area contributed by atoms with Gasteiger partial charge in [0.05, 0.1) is 10.6 Å². The number of para-hydroxylation sites is 1. The van der Waals surface area contributed by atoms with E-state index in [1.54, 1.807) is 39.5 Å². The van der Waals surface area contributed by atoms with E-state index < -0.39 is 15.9 Å². The number of hydrogen-bond donors (Lipinski definition) is 1. The molecule has 1 amide bonds. The van der Waals surface area contributed by atoms with Gasteiger partial charge < -0.3 is 5.32 Å². The second-order valence-corrected chi connectivity index (χ2v) is 12.5. The van der Waals surface area contributed by atoms with Crippen LogP contribution in [-0.2, 0) is 14.8 Å². The topological polar surface area (TPSA) is 108 Å². The lowest BCUT2D eigenvalue weighted by Gasteiger charge is -2.22. The van der Waals surface area contributed by atoms with Crippen molar-refractivity contribution in [3.8, 4) is 23.0 Å². The molecule has 5 rings (SSSR count). The molecule has 0 atom stereocenters. The Kier molecular flexibility index (Phi) is 8.78. The molecule has 8 nitrogen and oxygen atoms in total. The number of hydrogen-bond acceptors (Lipinski definition) is 5. The molecule has 9 heteroatoms. The Morgan fingerprint density at radius 1 is 0.950 bits per heavy atom. The van der Waals surface area contributed by atoms with Gasteiger partial charge >= 0.3 is 0 Å². The summed E-state index contributed by atoms with van der Waals surface area (Å²) < 4.78 is 30.3. The fourth-order valence-electron chi connectivity index (χ4n) is 5.48. The number of carbonyl (C=O) groups is 1. The van der Waals surface area contributed by atoms with Crippen molar-refractivity contribution in [1.82, 2.24) is 19.4 Å². The molecular formula is C31H35N5O3S. The second kappa shape index (κ2) is 12.6. The van der Waals surface area contributed by atoms with E-state index in [2.05, 4.69) is 11.4 Å². The maximum Gasteiger partial charge on any atom is 0.262 e. The molecule has 1 N–H and O–H groups in total. The zero-order chi connectivity index (χ0) is 28.0. The fourth-order valence-corrected chi connectivity index (χ4v) is 7.04. The SMILES string of the molecule is N#CC(=Cc1cn(-c2ccccc2)nc1-c1cccc(S(=O)(=O)N2CCCCCC2)c1)C(=O)NC1CCCCC1. The van der Waals surface area contributed by atoms with E-state index in [1.165, 1.54) is 6.42 Å². The minimum atomic E-state index is -3.66. The maximum absolute atomic E-state index is 13.5. The standard InChI is InChI=1S/C31H35N5O3S/c32-22-25(31(37)33-27-13-5-3-6-14-27)20-26-23-36(28-15-7-4-8-16-28)34-30(26)24-12-11-17-29(21-24)40(38,39)35-18-9-1-2-10-19-35/h4,7-8,11-12,15-17,20-21,23,27H,1-3,5-6,9-10,13-14,18-19H2,(H,33,37). The number of rotatable bonds is 7. The van der Waals surface area contributed by atoms with Gasteiger partial charge in [0.25, 0.3) is 5.91 Å². The van der Waals surface area contributed by atoms with Gasteiger partial charge in [0, 0.05) is 36.5 Å². The van der Waals surface area contributed by atoms with Gasteiger partial charge in [-0.25, -0.2) is 13.1 Å². The molecule has 0 radical (unpaired) electrons. The van der Waals surface area contributed by atoms with Crippen molar-refractivity contribution < 1.29 is 13.2 Å². The quantitative estimate of drug-likeness (QED) is 0.307. The van der Waals surface area contributed by atoms with E-state index in [0.717, 1.165) is 57.1 Å². The second-order valence-electron chi connectivity index (χ2n) is 10.5. The van der Waals surface area contributed by atoms with Crippen molar-refractivity contribution in [2.45, 2.75) is 68.7 Å². The van der Waals surface area contributed by atoms with Crippen LogP contribution in [0.1, 0.15) is 63.4 Å². The molecule has 3 aromatic rings. The van der Waals surface area contributed by atoms with Gasteiger partial charge in [-0.05, 0) is 56.0 Å². The highest BCUT2D eigenvalue weighted by atomic mass is 32.2. The van der Waals surface area contributed by atoms with Crippen molar-refractivity contribution in [2.24, 2.45) is 0 Å². The van der Waals surface area contributed by atoms with Gasteiger partial charge in [-0.1, -0.05) is 62.4 Å². The molecule has 208 valence electrons. The lowest BCUT2D eigenvalue weighted by atomic mass is 9.95. The predicted octanol–water partition coefficient (Wildman–Crippen LogP) is 5.46. The third-order valence-corrected chi connectivity index (χ3v) is 9.57. The van der Waals surface area contributed by atoms with Crippen LogP contribution < -0.4 is 5.32 Å². The summed E-state index contributed by atoms with van der Waals surface area (Å²) in [5.41, 5.74) is 2.45. The molecule has 1 saturated heterocycles. The lowest BCUT2D eigenvalue weighted by molar-refractivity contribution is -0.117. The normalized spacial score (nSPS) is 17.6. The Bertz CT molecular complexity index is 1510. The van der Waals surface area contributed by atoms with Crippen LogP contribution in [0.3, 0.4) is 0 Å². The van der Waals surface area contributed by atoms with Gasteiger partial charge in [-0.15, -0.1) is 0 Å².